The van der Waals surface area contributed by atoms with E-state index in [2.05, 4.69) is 15.3 Å². The molecular formula is C14H16FN3O2. The maximum Gasteiger partial charge on any atom is 0.162 e. The molecule has 0 aliphatic rings. The van der Waals surface area contributed by atoms with E-state index < -0.39 is 5.82 Å². The van der Waals surface area contributed by atoms with Crippen LogP contribution in [0.1, 0.15) is 12.6 Å². The molecule has 1 heterocycles. The normalized spacial score (nSPS) is 10.6. The smallest absolute Gasteiger partial charge is 0.162 e. The van der Waals surface area contributed by atoms with Gasteiger partial charge in [0.15, 0.2) is 5.82 Å². The van der Waals surface area contributed by atoms with Crippen LogP contribution in [0.15, 0.2) is 24.3 Å². The third-order valence-corrected chi connectivity index (χ3v) is 2.57. The van der Waals surface area contributed by atoms with Crippen molar-refractivity contribution in [1.82, 2.24) is 9.97 Å². The standard InChI is InChI=1S/C14H16FN3O2/c1-3-16-13-7-11(8-20-2)17-14(18-13)9-4-10(15)6-12(19)5-9/h4-7,19H,3,8H2,1-2H3,(H,16,17,18). The third-order valence-electron chi connectivity index (χ3n) is 2.57. The van der Waals surface area contributed by atoms with Crippen molar-refractivity contribution in [3.63, 3.8) is 0 Å². The van der Waals surface area contributed by atoms with Crippen LogP contribution in [0.5, 0.6) is 5.75 Å². The number of rotatable bonds is 5. The van der Waals surface area contributed by atoms with Crippen molar-refractivity contribution < 1.29 is 14.2 Å². The molecule has 2 N–H and O–H groups in total. The zero-order valence-corrected chi connectivity index (χ0v) is 11.4. The summed E-state index contributed by atoms with van der Waals surface area (Å²) >= 11 is 0. The van der Waals surface area contributed by atoms with Gasteiger partial charge in [0.25, 0.3) is 0 Å². The van der Waals surface area contributed by atoms with E-state index in [9.17, 15) is 9.50 Å². The van der Waals surface area contributed by atoms with E-state index in [0.29, 0.717) is 36.1 Å². The number of hydrogen-bond donors (Lipinski definition) is 2. The highest BCUT2D eigenvalue weighted by molar-refractivity contribution is 5.59. The number of benzene rings is 1. The van der Waals surface area contributed by atoms with Crippen molar-refractivity contribution in [2.24, 2.45) is 0 Å². The summed E-state index contributed by atoms with van der Waals surface area (Å²) in [5.41, 5.74) is 1.09. The van der Waals surface area contributed by atoms with Gasteiger partial charge in [-0.25, -0.2) is 14.4 Å². The monoisotopic (exact) mass is 277 g/mol. The van der Waals surface area contributed by atoms with E-state index in [1.807, 2.05) is 6.92 Å². The minimum Gasteiger partial charge on any atom is -0.508 e. The lowest BCUT2D eigenvalue weighted by Gasteiger charge is -2.09. The number of phenols is 1. The number of ether oxygens (including phenoxy) is 1. The van der Waals surface area contributed by atoms with E-state index in [-0.39, 0.29) is 5.75 Å². The van der Waals surface area contributed by atoms with Gasteiger partial charge >= 0.3 is 0 Å². The summed E-state index contributed by atoms with van der Waals surface area (Å²) in [5.74, 6) is 0.273. The summed E-state index contributed by atoms with van der Waals surface area (Å²) in [7, 11) is 1.57. The van der Waals surface area contributed by atoms with Crippen molar-refractivity contribution in [2.45, 2.75) is 13.5 Å². The van der Waals surface area contributed by atoms with E-state index in [0.717, 1.165) is 6.07 Å². The van der Waals surface area contributed by atoms with Gasteiger partial charge in [0.2, 0.25) is 0 Å². The Morgan fingerprint density at radius 1 is 1.25 bits per heavy atom. The van der Waals surface area contributed by atoms with E-state index in [1.165, 1.54) is 12.1 Å². The molecular weight excluding hydrogens is 261 g/mol. The van der Waals surface area contributed by atoms with Gasteiger partial charge in [0.05, 0.1) is 12.3 Å². The number of nitrogens with one attached hydrogen (secondary N) is 1. The fraction of sp³-hybridized carbons (Fsp3) is 0.286. The zero-order valence-electron chi connectivity index (χ0n) is 11.4. The Labute approximate surface area is 116 Å². The molecule has 0 amide bonds. The molecule has 0 saturated heterocycles. The molecule has 0 spiro atoms. The van der Waals surface area contributed by atoms with Crippen LogP contribution in [0.4, 0.5) is 10.2 Å². The Bertz CT molecular complexity index is 560. The SMILES string of the molecule is CCNc1cc(COC)nc(-c2cc(O)cc(F)c2)n1. The van der Waals surface area contributed by atoms with Crippen LogP contribution in [0.25, 0.3) is 11.4 Å². The summed E-state index contributed by atoms with van der Waals surface area (Å²) < 4.78 is 18.4. The molecule has 0 aliphatic carbocycles. The van der Waals surface area contributed by atoms with Gasteiger partial charge in [-0.1, -0.05) is 0 Å². The molecule has 106 valence electrons. The molecule has 0 fully saturated rings. The Morgan fingerprint density at radius 2 is 2.05 bits per heavy atom. The van der Waals surface area contributed by atoms with E-state index in [4.69, 9.17) is 4.74 Å². The van der Waals surface area contributed by atoms with Crippen LogP contribution < -0.4 is 5.32 Å². The average Bonchev–Trinajstić information content (AvgIpc) is 2.38. The molecule has 20 heavy (non-hydrogen) atoms. The predicted octanol–water partition coefficient (Wildman–Crippen LogP) is 2.57. The number of nitrogens with zero attached hydrogens (tertiary/aromatic N) is 2. The molecule has 0 bridgehead atoms. The molecule has 0 aliphatic heterocycles. The van der Waals surface area contributed by atoms with Crippen molar-refractivity contribution in [3.05, 3.63) is 35.8 Å². The lowest BCUT2D eigenvalue weighted by atomic mass is 10.2. The predicted molar refractivity (Wildman–Crippen MR) is 74.0 cm³/mol. The molecule has 0 atom stereocenters. The first kappa shape index (κ1) is 14.2. The number of aromatic nitrogens is 2. The maximum absolute atomic E-state index is 13.4. The zero-order chi connectivity index (χ0) is 14.5. The molecule has 6 heteroatoms. The fourth-order valence-corrected chi connectivity index (χ4v) is 1.82. The largest absolute Gasteiger partial charge is 0.508 e. The molecule has 0 saturated carbocycles. The van der Waals surface area contributed by atoms with Gasteiger partial charge in [0, 0.05) is 31.4 Å². The minimum absolute atomic E-state index is 0.161. The van der Waals surface area contributed by atoms with Gasteiger partial charge < -0.3 is 15.2 Å². The minimum atomic E-state index is -0.536. The molecule has 0 unspecified atom stereocenters. The molecule has 1 aromatic carbocycles. The fourth-order valence-electron chi connectivity index (χ4n) is 1.82. The Hall–Kier alpha value is -2.21. The van der Waals surface area contributed by atoms with Gasteiger partial charge in [0.1, 0.15) is 17.4 Å². The first-order valence-corrected chi connectivity index (χ1v) is 6.23. The highest BCUT2D eigenvalue weighted by Gasteiger charge is 2.09. The second kappa shape index (κ2) is 6.29. The summed E-state index contributed by atoms with van der Waals surface area (Å²) in [6, 6.07) is 5.51. The van der Waals surface area contributed by atoms with Crippen LogP contribution in [0, 0.1) is 5.82 Å². The summed E-state index contributed by atoms with van der Waals surface area (Å²) in [5, 5.41) is 12.5. The Morgan fingerprint density at radius 3 is 2.70 bits per heavy atom. The quantitative estimate of drug-likeness (QED) is 0.879. The van der Waals surface area contributed by atoms with Crippen molar-refractivity contribution in [2.75, 3.05) is 19.0 Å². The van der Waals surface area contributed by atoms with Gasteiger partial charge in [-0.3, -0.25) is 0 Å². The van der Waals surface area contributed by atoms with Crippen LogP contribution in [-0.2, 0) is 11.3 Å². The lowest BCUT2D eigenvalue weighted by molar-refractivity contribution is 0.181. The molecule has 2 aromatic rings. The molecule has 2 rings (SSSR count). The number of aromatic hydroxyl groups is 1. The summed E-state index contributed by atoms with van der Waals surface area (Å²) in [6.07, 6.45) is 0. The van der Waals surface area contributed by atoms with Crippen LogP contribution >= 0.6 is 0 Å². The average molecular weight is 277 g/mol. The first-order valence-electron chi connectivity index (χ1n) is 6.23. The number of hydrogen-bond acceptors (Lipinski definition) is 5. The summed E-state index contributed by atoms with van der Waals surface area (Å²) in [4.78, 5) is 8.61. The highest BCUT2D eigenvalue weighted by atomic mass is 19.1. The first-order chi connectivity index (χ1) is 9.62. The lowest BCUT2D eigenvalue weighted by Crippen LogP contribution is -2.04. The number of methoxy groups -OCH3 is 1. The number of halogens is 1. The second-order valence-electron chi connectivity index (χ2n) is 4.23. The van der Waals surface area contributed by atoms with Crippen molar-refractivity contribution >= 4 is 5.82 Å². The van der Waals surface area contributed by atoms with Crippen LogP contribution in [-0.4, -0.2) is 28.7 Å². The van der Waals surface area contributed by atoms with Gasteiger partial charge in [-0.2, -0.15) is 0 Å². The van der Waals surface area contributed by atoms with E-state index in [1.54, 1.807) is 13.2 Å². The number of anilines is 1. The maximum atomic E-state index is 13.4. The van der Waals surface area contributed by atoms with Gasteiger partial charge in [-0.15, -0.1) is 0 Å². The molecule has 0 radical (unpaired) electrons. The van der Waals surface area contributed by atoms with Crippen LogP contribution in [0.2, 0.25) is 0 Å². The van der Waals surface area contributed by atoms with E-state index >= 15 is 0 Å². The van der Waals surface area contributed by atoms with Crippen LogP contribution in [0.3, 0.4) is 0 Å². The number of phenolic OH excluding ortho intramolecular Hbond substituents is 1. The van der Waals surface area contributed by atoms with Crippen molar-refractivity contribution in [1.29, 1.82) is 0 Å². The molecule has 5 nitrogen and oxygen atoms in total. The molecule has 1 aromatic heterocycles. The Kier molecular flexibility index (Phi) is 4.47. The summed E-state index contributed by atoms with van der Waals surface area (Å²) in [6.45, 7) is 2.98. The third kappa shape index (κ3) is 3.42. The topological polar surface area (TPSA) is 67.3 Å². The second-order valence-corrected chi connectivity index (χ2v) is 4.23. The Balaban J connectivity index is 2.48. The van der Waals surface area contributed by atoms with Crippen molar-refractivity contribution in [3.8, 4) is 17.1 Å². The van der Waals surface area contributed by atoms with Gasteiger partial charge in [-0.05, 0) is 19.1 Å². The highest BCUT2D eigenvalue weighted by Crippen LogP contribution is 2.23.